The Balaban J connectivity index is 1.53. The third-order valence-corrected chi connectivity index (χ3v) is 6.00. The molecule has 0 aliphatic rings. The Labute approximate surface area is 206 Å². The highest BCUT2D eigenvalue weighted by Gasteiger charge is 2.17. The van der Waals surface area contributed by atoms with Crippen LogP contribution >= 0.6 is 23.4 Å². The number of carbonyl (C=O) groups excluding carboxylic acids is 2. The number of thioether (sulfide) groups is 1. The number of hydrogen-bond donors (Lipinski definition) is 2. The summed E-state index contributed by atoms with van der Waals surface area (Å²) < 4.78 is 1.92. The minimum atomic E-state index is -0.181. The normalized spacial score (nSPS) is 10.7. The Bertz CT molecular complexity index is 1320. The van der Waals surface area contributed by atoms with Crippen LogP contribution in [0.5, 0.6) is 0 Å². The van der Waals surface area contributed by atoms with E-state index in [1.165, 1.54) is 18.7 Å². The van der Waals surface area contributed by atoms with Crippen LogP contribution in [-0.4, -0.2) is 32.3 Å². The molecule has 0 atom stereocenters. The van der Waals surface area contributed by atoms with E-state index in [2.05, 4.69) is 20.8 Å². The van der Waals surface area contributed by atoms with Crippen LogP contribution in [-0.2, 0) is 9.59 Å². The largest absolute Gasteiger partial charge is 0.326 e. The topological polar surface area (TPSA) is 88.9 Å². The Morgan fingerprint density at radius 1 is 0.941 bits per heavy atom. The van der Waals surface area contributed by atoms with Crippen molar-refractivity contribution in [3.05, 3.63) is 83.4 Å². The summed E-state index contributed by atoms with van der Waals surface area (Å²) >= 11 is 7.38. The molecular weight excluding hydrogens is 470 g/mol. The quantitative estimate of drug-likeness (QED) is 0.329. The van der Waals surface area contributed by atoms with Gasteiger partial charge in [0.15, 0.2) is 11.0 Å². The highest BCUT2D eigenvalue weighted by Crippen LogP contribution is 2.29. The van der Waals surface area contributed by atoms with Crippen LogP contribution in [0.25, 0.3) is 17.1 Å². The molecule has 2 N–H and O–H groups in total. The second-order valence-electron chi connectivity index (χ2n) is 7.58. The SMILES string of the molecule is CC(=O)Nc1ccc(NC(=O)CSc2nnc(-c3cccc(C)c3)n2-c2ccc(Cl)cc2)cc1. The summed E-state index contributed by atoms with van der Waals surface area (Å²) in [6.45, 7) is 3.47. The predicted octanol–water partition coefficient (Wildman–Crippen LogP) is 5.59. The lowest BCUT2D eigenvalue weighted by Crippen LogP contribution is -2.14. The lowest BCUT2D eigenvalue weighted by atomic mass is 10.1. The van der Waals surface area contributed by atoms with Gasteiger partial charge in [-0.1, -0.05) is 47.1 Å². The molecule has 9 heteroatoms. The van der Waals surface area contributed by atoms with Crippen LogP contribution in [0.4, 0.5) is 11.4 Å². The first-order valence-electron chi connectivity index (χ1n) is 10.5. The number of anilines is 2. The summed E-state index contributed by atoms with van der Waals surface area (Å²) in [5.74, 6) is 0.498. The van der Waals surface area contributed by atoms with E-state index in [4.69, 9.17) is 11.6 Å². The molecule has 1 aromatic heterocycles. The fourth-order valence-corrected chi connectivity index (χ4v) is 4.20. The summed E-state index contributed by atoms with van der Waals surface area (Å²) in [5.41, 5.74) is 4.19. The standard InChI is InChI=1S/C25H22ClN5O2S/c1-16-4-3-5-18(14-16)24-29-30-25(31(24)22-12-6-19(26)7-13-22)34-15-23(33)28-21-10-8-20(9-11-21)27-17(2)32/h3-14H,15H2,1-2H3,(H,27,32)(H,28,33). The van der Waals surface area contributed by atoms with Crippen molar-refractivity contribution in [1.82, 2.24) is 14.8 Å². The fourth-order valence-electron chi connectivity index (χ4n) is 3.32. The second kappa shape index (κ2) is 10.5. The first-order chi connectivity index (χ1) is 16.4. The second-order valence-corrected chi connectivity index (χ2v) is 8.96. The first kappa shape index (κ1) is 23.5. The highest BCUT2D eigenvalue weighted by molar-refractivity contribution is 7.99. The lowest BCUT2D eigenvalue weighted by Gasteiger charge is -2.11. The molecular formula is C25H22ClN5O2S. The smallest absolute Gasteiger partial charge is 0.234 e. The van der Waals surface area contributed by atoms with Crippen molar-refractivity contribution in [2.24, 2.45) is 0 Å². The third-order valence-electron chi connectivity index (χ3n) is 4.82. The first-order valence-corrected chi connectivity index (χ1v) is 11.8. The maximum absolute atomic E-state index is 12.6. The van der Waals surface area contributed by atoms with E-state index in [1.807, 2.05) is 60.0 Å². The molecule has 0 unspecified atom stereocenters. The van der Waals surface area contributed by atoms with E-state index in [0.29, 0.717) is 27.4 Å². The maximum atomic E-state index is 12.6. The molecule has 0 radical (unpaired) electrons. The fraction of sp³-hybridized carbons (Fsp3) is 0.120. The van der Waals surface area contributed by atoms with Crippen LogP contribution in [0, 0.1) is 6.92 Å². The average Bonchev–Trinajstić information content (AvgIpc) is 3.23. The Hall–Kier alpha value is -3.62. The molecule has 34 heavy (non-hydrogen) atoms. The van der Waals surface area contributed by atoms with E-state index in [1.54, 1.807) is 24.3 Å². The van der Waals surface area contributed by atoms with E-state index in [0.717, 1.165) is 16.8 Å². The lowest BCUT2D eigenvalue weighted by molar-refractivity contribution is -0.114. The number of halogens is 1. The zero-order valence-corrected chi connectivity index (χ0v) is 20.2. The van der Waals surface area contributed by atoms with Gasteiger partial charge in [0.2, 0.25) is 11.8 Å². The average molecular weight is 492 g/mol. The molecule has 0 aliphatic heterocycles. The van der Waals surface area contributed by atoms with Crippen molar-refractivity contribution in [2.45, 2.75) is 19.0 Å². The van der Waals surface area contributed by atoms with Gasteiger partial charge in [0.1, 0.15) is 0 Å². The summed E-state index contributed by atoms with van der Waals surface area (Å²) in [4.78, 5) is 23.7. The number of carbonyl (C=O) groups is 2. The number of amides is 2. The van der Waals surface area contributed by atoms with Crippen LogP contribution in [0.2, 0.25) is 5.02 Å². The van der Waals surface area contributed by atoms with E-state index in [-0.39, 0.29) is 17.6 Å². The molecule has 172 valence electrons. The Morgan fingerprint density at radius 3 is 2.26 bits per heavy atom. The van der Waals surface area contributed by atoms with Crippen molar-refractivity contribution in [2.75, 3.05) is 16.4 Å². The zero-order valence-electron chi connectivity index (χ0n) is 18.6. The number of aryl methyl sites for hydroxylation is 1. The number of hydrogen-bond acceptors (Lipinski definition) is 5. The van der Waals surface area contributed by atoms with Gasteiger partial charge in [-0.05, 0) is 61.5 Å². The molecule has 4 rings (SSSR count). The summed E-state index contributed by atoms with van der Waals surface area (Å²) in [5, 5.41) is 15.6. The summed E-state index contributed by atoms with van der Waals surface area (Å²) in [6, 6.07) is 22.4. The van der Waals surface area contributed by atoms with Gasteiger partial charge >= 0.3 is 0 Å². The molecule has 0 fully saturated rings. The number of rotatable bonds is 7. The van der Waals surface area contributed by atoms with Gasteiger partial charge in [0.05, 0.1) is 5.75 Å². The molecule has 4 aromatic rings. The number of nitrogens with one attached hydrogen (secondary N) is 2. The Morgan fingerprint density at radius 2 is 1.62 bits per heavy atom. The Kier molecular flexibility index (Phi) is 7.30. The molecule has 3 aromatic carbocycles. The van der Waals surface area contributed by atoms with Crippen molar-refractivity contribution in [3.63, 3.8) is 0 Å². The van der Waals surface area contributed by atoms with E-state index >= 15 is 0 Å². The number of benzene rings is 3. The number of nitrogens with zero attached hydrogens (tertiary/aromatic N) is 3. The van der Waals surface area contributed by atoms with Gasteiger partial charge in [-0.3, -0.25) is 14.2 Å². The van der Waals surface area contributed by atoms with E-state index < -0.39 is 0 Å². The molecule has 0 aliphatic carbocycles. The molecule has 7 nitrogen and oxygen atoms in total. The highest BCUT2D eigenvalue weighted by atomic mass is 35.5. The van der Waals surface area contributed by atoms with E-state index in [9.17, 15) is 9.59 Å². The van der Waals surface area contributed by atoms with Gasteiger partial charge in [0.25, 0.3) is 0 Å². The molecule has 0 spiro atoms. The molecule has 0 saturated carbocycles. The van der Waals surface area contributed by atoms with Gasteiger partial charge in [-0.2, -0.15) is 0 Å². The van der Waals surface area contributed by atoms with Crippen LogP contribution in [0.15, 0.2) is 78.0 Å². The van der Waals surface area contributed by atoms with Gasteiger partial charge in [0, 0.05) is 34.6 Å². The van der Waals surface area contributed by atoms with Crippen LogP contribution < -0.4 is 10.6 Å². The van der Waals surface area contributed by atoms with Crippen LogP contribution in [0.1, 0.15) is 12.5 Å². The minimum absolute atomic E-state index is 0.146. The zero-order chi connectivity index (χ0) is 24.1. The molecule has 1 heterocycles. The predicted molar refractivity (Wildman–Crippen MR) is 137 cm³/mol. The van der Waals surface area contributed by atoms with Gasteiger partial charge < -0.3 is 10.6 Å². The van der Waals surface area contributed by atoms with Gasteiger partial charge in [-0.15, -0.1) is 10.2 Å². The monoisotopic (exact) mass is 491 g/mol. The van der Waals surface area contributed by atoms with Crippen molar-refractivity contribution in [3.8, 4) is 17.1 Å². The molecule has 0 bridgehead atoms. The maximum Gasteiger partial charge on any atom is 0.234 e. The number of aromatic nitrogens is 3. The summed E-state index contributed by atoms with van der Waals surface area (Å²) in [7, 11) is 0. The molecule has 2 amide bonds. The minimum Gasteiger partial charge on any atom is -0.326 e. The van der Waals surface area contributed by atoms with Gasteiger partial charge in [-0.25, -0.2) is 0 Å². The van der Waals surface area contributed by atoms with Crippen molar-refractivity contribution >= 4 is 46.6 Å². The van der Waals surface area contributed by atoms with Crippen LogP contribution in [0.3, 0.4) is 0 Å². The van der Waals surface area contributed by atoms with Crippen molar-refractivity contribution < 1.29 is 9.59 Å². The summed E-state index contributed by atoms with van der Waals surface area (Å²) in [6.07, 6.45) is 0. The third kappa shape index (κ3) is 5.84. The van der Waals surface area contributed by atoms with Crippen molar-refractivity contribution in [1.29, 1.82) is 0 Å². The molecule has 0 saturated heterocycles.